The molecule has 0 radical (unpaired) electrons. The molecule has 2 saturated heterocycles. The van der Waals surface area contributed by atoms with E-state index in [0.29, 0.717) is 5.75 Å². The van der Waals surface area contributed by atoms with E-state index in [2.05, 4.69) is 4.90 Å². The molecule has 2 heterocycles. The Morgan fingerprint density at radius 1 is 1.06 bits per heavy atom. The molecule has 1 saturated carbocycles. The minimum Gasteiger partial charge on any atom is -0.508 e. The van der Waals surface area contributed by atoms with E-state index >= 15 is 0 Å². The van der Waals surface area contributed by atoms with Crippen LogP contribution in [0.1, 0.15) is 18.4 Å². The van der Waals surface area contributed by atoms with E-state index < -0.39 is 0 Å². The van der Waals surface area contributed by atoms with Crippen molar-refractivity contribution in [2.45, 2.75) is 19.3 Å². The lowest BCUT2D eigenvalue weighted by Crippen LogP contribution is -2.49. The van der Waals surface area contributed by atoms with Gasteiger partial charge in [0.25, 0.3) is 0 Å². The fourth-order valence-corrected chi connectivity index (χ4v) is 3.11. The van der Waals surface area contributed by atoms with Crippen LogP contribution in [0.3, 0.4) is 0 Å². The van der Waals surface area contributed by atoms with Crippen molar-refractivity contribution in [2.24, 2.45) is 11.8 Å². The predicted octanol–water partition coefficient (Wildman–Crippen LogP) is 2.28. The second kappa shape index (κ2) is 4.10. The number of rotatable bonds is 3. The van der Waals surface area contributed by atoms with Crippen LogP contribution in [0, 0.1) is 11.8 Å². The highest BCUT2D eigenvalue weighted by Crippen LogP contribution is 2.39. The van der Waals surface area contributed by atoms with Gasteiger partial charge in [0.2, 0.25) is 0 Å². The van der Waals surface area contributed by atoms with Gasteiger partial charge in [-0.15, -0.1) is 0 Å². The molecule has 16 heavy (non-hydrogen) atoms. The maximum atomic E-state index is 9.20. The first-order chi connectivity index (χ1) is 7.79. The number of phenolic OH excluding ortho intramolecular Hbond substituents is 1. The smallest absolute Gasteiger partial charge is 0.115 e. The first kappa shape index (κ1) is 10.2. The van der Waals surface area contributed by atoms with Crippen molar-refractivity contribution in [2.75, 3.05) is 19.6 Å². The quantitative estimate of drug-likeness (QED) is 0.839. The average molecular weight is 217 g/mol. The van der Waals surface area contributed by atoms with Gasteiger partial charge in [-0.25, -0.2) is 0 Å². The molecule has 1 aliphatic carbocycles. The van der Waals surface area contributed by atoms with Gasteiger partial charge < -0.3 is 10.0 Å². The molecule has 4 rings (SSSR count). The molecular formula is C14H19NO. The molecule has 1 aromatic rings. The molecule has 2 bridgehead atoms. The summed E-state index contributed by atoms with van der Waals surface area (Å²) >= 11 is 0. The minimum absolute atomic E-state index is 0.364. The molecule has 0 aromatic heterocycles. The van der Waals surface area contributed by atoms with Crippen LogP contribution in [-0.4, -0.2) is 29.6 Å². The van der Waals surface area contributed by atoms with Crippen molar-refractivity contribution in [3.05, 3.63) is 29.8 Å². The first-order valence-electron chi connectivity index (χ1n) is 6.30. The van der Waals surface area contributed by atoms with Crippen LogP contribution in [0.5, 0.6) is 5.75 Å². The van der Waals surface area contributed by atoms with Crippen LogP contribution in [0.2, 0.25) is 0 Å². The van der Waals surface area contributed by atoms with Crippen LogP contribution in [0.15, 0.2) is 24.3 Å². The Morgan fingerprint density at radius 2 is 1.69 bits per heavy atom. The molecule has 3 fully saturated rings. The minimum atomic E-state index is 0.364. The maximum absolute atomic E-state index is 9.20. The number of phenols is 1. The number of piperidine rings is 2. The SMILES string of the molecule is Oc1ccc(CCN2CC3CC(C3)C2)cc1. The fraction of sp³-hybridized carbons (Fsp3) is 0.571. The summed E-state index contributed by atoms with van der Waals surface area (Å²) in [6.45, 7) is 3.81. The topological polar surface area (TPSA) is 23.5 Å². The summed E-state index contributed by atoms with van der Waals surface area (Å²) in [5, 5.41) is 9.20. The zero-order valence-electron chi connectivity index (χ0n) is 9.60. The number of aromatic hydroxyl groups is 1. The van der Waals surface area contributed by atoms with E-state index in [9.17, 15) is 5.11 Å². The van der Waals surface area contributed by atoms with Gasteiger partial charge in [-0.2, -0.15) is 0 Å². The molecule has 3 aliphatic rings. The molecule has 86 valence electrons. The summed E-state index contributed by atoms with van der Waals surface area (Å²) in [7, 11) is 0. The van der Waals surface area contributed by atoms with Gasteiger partial charge in [0, 0.05) is 19.6 Å². The van der Waals surface area contributed by atoms with Crippen molar-refractivity contribution in [1.29, 1.82) is 0 Å². The van der Waals surface area contributed by atoms with Gasteiger partial charge in [-0.05, 0) is 48.8 Å². The molecule has 0 atom stereocenters. The molecule has 1 aromatic carbocycles. The highest BCUT2D eigenvalue weighted by atomic mass is 16.3. The summed E-state index contributed by atoms with van der Waals surface area (Å²) in [4.78, 5) is 2.61. The highest BCUT2D eigenvalue weighted by molar-refractivity contribution is 5.26. The lowest BCUT2D eigenvalue weighted by atomic mass is 9.71. The van der Waals surface area contributed by atoms with Gasteiger partial charge in [-0.3, -0.25) is 0 Å². The Bertz CT molecular complexity index is 344. The van der Waals surface area contributed by atoms with E-state index in [4.69, 9.17) is 0 Å². The number of hydrogen-bond donors (Lipinski definition) is 1. The van der Waals surface area contributed by atoms with Gasteiger partial charge in [0.1, 0.15) is 5.75 Å². The summed E-state index contributed by atoms with van der Waals surface area (Å²) < 4.78 is 0. The Kier molecular flexibility index (Phi) is 2.60. The maximum Gasteiger partial charge on any atom is 0.115 e. The standard InChI is InChI=1S/C14H19NO/c16-14-3-1-11(2-4-14)5-6-15-9-12-7-13(8-12)10-15/h1-4,12-13,16H,5-10H2. The monoisotopic (exact) mass is 217 g/mol. The largest absolute Gasteiger partial charge is 0.508 e. The summed E-state index contributed by atoms with van der Waals surface area (Å²) in [5.74, 6) is 2.36. The number of hydrogen-bond acceptors (Lipinski definition) is 2. The van der Waals surface area contributed by atoms with Crippen molar-refractivity contribution in [1.82, 2.24) is 4.90 Å². The molecule has 1 N–H and O–H groups in total. The van der Waals surface area contributed by atoms with Gasteiger partial charge >= 0.3 is 0 Å². The van der Waals surface area contributed by atoms with Gasteiger partial charge in [0.05, 0.1) is 0 Å². The van der Waals surface area contributed by atoms with Gasteiger partial charge in [0.15, 0.2) is 0 Å². The number of benzene rings is 1. The third kappa shape index (κ3) is 2.07. The second-order valence-corrected chi connectivity index (χ2v) is 5.38. The van der Waals surface area contributed by atoms with E-state index in [0.717, 1.165) is 18.3 Å². The lowest BCUT2D eigenvalue weighted by molar-refractivity contribution is 0.0284. The van der Waals surface area contributed by atoms with E-state index in [1.807, 2.05) is 12.1 Å². The highest BCUT2D eigenvalue weighted by Gasteiger charge is 2.36. The normalized spacial score (nSPS) is 28.8. The van der Waals surface area contributed by atoms with Crippen molar-refractivity contribution >= 4 is 0 Å². The first-order valence-corrected chi connectivity index (χ1v) is 6.30. The third-order valence-electron chi connectivity index (χ3n) is 4.02. The lowest BCUT2D eigenvalue weighted by Gasteiger charge is -2.47. The molecular weight excluding hydrogens is 198 g/mol. The van der Waals surface area contributed by atoms with E-state index in [1.165, 1.54) is 38.0 Å². The summed E-state index contributed by atoms with van der Waals surface area (Å²) in [5.41, 5.74) is 1.33. The Hall–Kier alpha value is -1.02. The van der Waals surface area contributed by atoms with E-state index in [1.54, 1.807) is 12.1 Å². The molecule has 2 nitrogen and oxygen atoms in total. The fourth-order valence-electron chi connectivity index (χ4n) is 3.11. The Morgan fingerprint density at radius 3 is 2.31 bits per heavy atom. The Balaban J connectivity index is 1.51. The van der Waals surface area contributed by atoms with Crippen molar-refractivity contribution < 1.29 is 5.11 Å². The van der Waals surface area contributed by atoms with Crippen molar-refractivity contribution in [3.63, 3.8) is 0 Å². The second-order valence-electron chi connectivity index (χ2n) is 5.38. The average Bonchev–Trinajstić information content (AvgIpc) is 2.28. The summed E-state index contributed by atoms with van der Waals surface area (Å²) in [6.07, 6.45) is 4.07. The summed E-state index contributed by atoms with van der Waals surface area (Å²) in [6, 6.07) is 7.62. The molecule has 0 spiro atoms. The Labute approximate surface area is 96.9 Å². The van der Waals surface area contributed by atoms with Gasteiger partial charge in [-0.1, -0.05) is 12.1 Å². The number of nitrogens with zero attached hydrogens (tertiary/aromatic N) is 1. The zero-order valence-corrected chi connectivity index (χ0v) is 9.60. The van der Waals surface area contributed by atoms with Crippen molar-refractivity contribution in [3.8, 4) is 5.75 Å². The van der Waals surface area contributed by atoms with Crippen LogP contribution in [0.25, 0.3) is 0 Å². The van der Waals surface area contributed by atoms with Crippen LogP contribution >= 0.6 is 0 Å². The molecule has 0 amide bonds. The van der Waals surface area contributed by atoms with Crippen LogP contribution < -0.4 is 0 Å². The van der Waals surface area contributed by atoms with E-state index in [-0.39, 0.29) is 0 Å². The van der Waals surface area contributed by atoms with Crippen LogP contribution in [0.4, 0.5) is 0 Å². The zero-order chi connectivity index (χ0) is 11.0. The predicted molar refractivity (Wildman–Crippen MR) is 64.5 cm³/mol. The number of fused-ring (bicyclic) bond motifs is 2. The third-order valence-corrected chi connectivity index (χ3v) is 4.02. The molecule has 2 heteroatoms. The van der Waals surface area contributed by atoms with Crippen LogP contribution in [-0.2, 0) is 6.42 Å². The molecule has 0 unspecified atom stereocenters. The molecule has 2 aliphatic heterocycles.